The number of carboxylic acid groups (broad SMARTS) is 1. The molecule has 1 fully saturated rings. The third kappa shape index (κ3) is 5.21. The molecule has 1 aromatic carbocycles. The van der Waals surface area contributed by atoms with Gasteiger partial charge in [-0.1, -0.05) is 30.3 Å². The van der Waals surface area contributed by atoms with Crippen molar-refractivity contribution in [3.05, 3.63) is 35.9 Å². The Balaban J connectivity index is 1.83. The average Bonchev–Trinajstić information content (AvgIpc) is 2.97. The van der Waals surface area contributed by atoms with E-state index in [1.165, 1.54) is 0 Å². The molecule has 1 saturated heterocycles. The molecule has 0 bridgehead atoms. The highest BCUT2D eigenvalue weighted by molar-refractivity contribution is 7.51. The average molecular weight is 328 g/mol. The van der Waals surface area contributed by atoms with Gasteiger partial charge in [0.25, 0.3) is 0 Å². The lowest BCUT2D eigenvalue weighted by molar-refractivity contribution is -0.146. The molecule has 0 aliphatic carbocycles. The number of hydrogen-bond donors (Lipinski definition) is 2. The van der Waals surface area contributed by atoms with Crippen LogP contribution in [0.25, 0.3) is 0 Å². The first kappa shape index (κ1) is 17.2. The van der Waals surface area contributed by atoms with E-state index in [9.17, 15) is 19.4 Å². The van der Waals surface area contributed by atoms with Crippen LogP contribution in [-0.2, 0) is 24.8 Å². The first-order valence-electron chi connectivity index (χ1n) is 7.32. The summed E-state index contributed by atoms with van der Waals surface area (Å²) in [5.74, 6) is -1.65. The molecule has 1 aliphatic heterocycles. The summed E-state index contributed by atoms with van der Waals surface area (Å²) < 4.78 is 22.5. The highest BCUT2D eigenvalue weighted by Gasteiger charge is 2.32. The van der Waals surface area contributed by atoms with Gasteiger partial charge in [-0.3, -0.25) is 9.36 Å². The van der Waals surface area contributed by atoms with Crippen molar-refractivity contribution in [1.82, 2.24) is 0 Å². The highest BCUT2D eigenvalue weighted by atomic mass is 31.2. The van der Waals surface area contributed by atoms with Crippen molar-refractivity contribution in [3.8, 4) is 0 Å². The van der Waals surface area contributed by atoms with Gasteiger partial charge in [0.1, 0.15) is 0 Å². The molecule has 3 atom stereocenters. The molecule has 0 amide bonds. The molecule has 7 heteroatoms. The lowest BCUT2D eigenvalue weighted by Gasteiger charge is -2.19. The largest absolute Gasteiger partial charge is 0.481 e. The first-order chi connectivity index (χ1) is 10.5. The number of benzene rings is 1. The zero-order valence-corrected chi connectivity index (χ0v) is 13.2. The maximum Gasteiger partial charge on any atom is 0.332 e. The fourth-order valence-corrected chi connectivity index (χ4v) is 3.72. The van der Waals surface area contributed by atoms with Crippen LogP contribution in [0.2, 0.25) is 0 Å². The fraction of sp³-hybridized carbons (Fsp3) is 0.533. The van der Waals surface area contributed by atoms with Gasteiger partial charge in [-0.05, 0) is 24.8 Å². The van der Waals surface area contributed by atoms with Crippen LogP contribution in [0.1, 0.15) is 24.8 Å². The van der Waals surface area contributed by atoms with Crippen LogP contribution in [0.15, 0.2) is 30.3 Å². The second-order valence-corrected chi connectivity index (χ2v) is 7.25. The van der Waals surface area contributed by atoms with Crippen molar-refractivity contribution in [2.24, 2.45) is 5.92 Å². The Kier molecular flexibility index (Phi) is 6.15. The van der Waals surface area contributed by atoms with E-state index in [1.54, 1.807) is 24.3 Å². The third-order valence-corrected chi connectivity index (χ3v) is 5.03. The fourth-order valence-electron chi connectivity index (χ4n) is 2.57. The van der Waals surface area contributed by atoms with Gasteiger partial charge in [0.2, 0.25) is 0 Å². The molecule has 0 saturated carbocycles. The molecule has 0 spiro atoms. The molecule has 6 nitrogen and oxygen atoms in total. The van der Waals surface area contributed by atoms with E-state index in [-0.39, 0.29) is 25.3 Å². The summed E-state index contributed by atoms with van der Waals surface area (Å²) in [4.78, 5) is 21.1. The number of hydrogen-bond acceptors (Lipinski definition) is 4. The van der Waals surface area contributed by atoms with Crippen molar-refractivity contribution in [2.75, 3.05) is 13.2 Å². The SMILES string of the molecule is O=C(O)C(CCOP(=O)(O)Cc1ccccc1)C1CCCO1. The van der Waals surface area contributed by atoms with E-state index in [0.29, 0.717) is 18.6 Å². The second-order valence-electron chi connectivity index (χ2n) is 5.40. The minimum atomic E-state index is -3.77. The Hall–Kier alpha value is -1.20. The van der Waals surface area contributed by atoms with Crippen molar-refractivity contribution in [2.45, 2.75) is 31.5 Å². The van der Waals surface area contributed by atoms with Crippen molar-refractivity contribution in [3.63, 3.8) is 0 Å². The number of carbonyl (C=O) groups is 1. The molecule has 122 valence electrons. The molecule has 2 rings (SSSR count). The van der Waals surface area contributed by atoms with Crippen LogP contribution in [0.3, 0.4) is 0 Å². The van der Waals surface area contributed by atoms with Gasteiger partial charge in [-0.2, -0.15) is 0 Å². The van der Waals surface area contributed by atoms with Gasteiger partial charge < -0.3 is 19.3 Å². The first-order valence-corrected chi connectivity index (χ1v) is 9.09. The molecule has 0 radical (unpaired) electrons. The Bertz CT molecular complexity index is 526. The summed E-state index contributed by atoms with van der Waals surface area (Å²) in [5, 5.41) is 9.23. The number of carboxylic acids is 1. The number of aliphatic carboxylic acids is 1. The molecule has 2 N–H and O–H groups in total. The zero-order valence-electron chi connectivity index (χ0n) is 12.3. The van der Waals surface area contributed by atoms with E-state index in [0.717, 1.165) is 6.42 Å². The molecule has 1 aliphatic rings. The number of rotatable bonds is 8. The lowest BCUT2D eigenvalue weighted by atomic mass is 9.97. The monoisotopic (exact) mass is 328 g/mol. The van der Waals surface area contributed by atoms with Crippen LogP contribution in [0, 0.1) is 5.92 Å². The highest BCUT2D eigenvalue weighted by Crippen LogP contribution is 2.46. The summed E-state index contributed by atoms with van der Waals surface area (Å²) in [6.07, 6.45) is 1.32. The maximum atomic E-state index is 12.0. The minimum Gasteiger partial charge on any atom is -0.481 e. The van der Waals surface area contributed by atoms with Gasteiger partial charge in [-0.15, -0.1) is 0 Å². The van der Waals surface area contributed by atoms with E-state index in [2.05, 4.69) is 0 Å². The Labute approximate surface area is 129 Å². The second kappa shape index (κ2) is 7.88. The van der Waals surface area contributed by atoms with E-state index in [1.807, 2.05) is 6.07 Å². The summed E-state index contributed by atoms with van der Waals surface area (Å²) in [6.45, 7) is 0.499. The topological polar surface area (TPSA) is 93.1 Å². The quantitative estimate of drug-likeness (QED) is 0.713. The van der Waals surface area contributed by atoms with Gasteiger partial charge in [0.15, 0.2) is 0 Å². The molecule has 0 aromatic heterocycles. The Morgan fingerprint density at radius 2 is 2.14 bits per heavy atom. The normalized spacial score (nSPS) is 22.1. The van der Waals surface area contributed by atoms with E-state index in [4.69, 9.17) is 9.26 Å². The van der Waals surface area contributed by atoms with Gasteiger partial charge in [-0.25, -0.2) is 0 Å². The maximum absolute atomic E-state index is 12.0. The van der Waals surface area contributed by atoms with Crippen LogP contribution < -0.4 is 0 Å². The summed E-state index contributed by atoms with van der Waals surface area (Å²) >= 11 is 0. The van der Waals surface area contributed by atoms with Gasteiger partial charge >= 0.3 is 13.6 Å². The minimum absolute atomic E-state index is 0.0720. The van der Waals surface area contributed by atoms with Gasteiger partial charge in [0, 0.05) is 6.61 Å². The Morgan fingerprint density at radius 3 is 2.73 bits per heavy atom. The summed E-state index contributed by atoms with van der Waals surface area (Å²) in [7, 11) is -3.77. The molecule has 1 heterocycles. The van der Waals surface area contributed by atoms with Gasteiger partial charge in [0.05, 0.1) is 24.8 Å². The van der Waals surface area contributed by atoms with Crippen LogP contribution >= 0.6 is 7.60 Å². The third-order valence-electron chi connectivity index (χ3n) is 3.68. The Morgan fingerprint density at radius 1 is 1.41 bits per heavy atom. The smallest absolute Gasteiger partial charge is 0.332 e. The summed E-state index contributed by atoms with van der Waals surface area (Å²) in [6, 6.07) is 8.89. The molecular weight excluding hydrogens is 307 g/mol. The molecular formula is C15H21O6P. The van der Waals surface area contributed by atoms with E-state index >= 15 is 0 Å². The van der Waals surface area contributed by atoms with Crippen LogP contribution in [0.4, 0.5) is 0 Å². The molecule has 22 heavy (non-hydrogen) atoms. The lowest BCUT2D eigenvalue weighted by Crippen LogP contribution is -2.28. The zero-order chi connectivity index (χ0) is 16.0. The van der Waals surface area contributed by atoms with E-state index < -0.39 is 19.5 Å². The van der Waals surface area contributed by atoms with Crippen LogP contribution in [-0.4, -0.2) is 35.3 Å². The van der Waals surface area contributed by atoms with Crippen molar-refractivity contribution < 1.29 is 28.6 Å². The molecule has 1 aromatic rings. The predicted molar refractivity (Wildman–Crippen MR) is 80.6 cm³/mol. The predicted octanol–water partition coefficient (Wildman–Crippen LogP) is 2.66. The number of ether oxygens (including phenoxy) is 1. The molecule has 3 unspecified atom stereocenters. The summed E-state index contributed by atoms with van der Waals surface area (Å²) in [5.41, 5.74) is 0.710. The van der Waals surface area contributed by atoms with Crippen LogP contribution in [0.5, 0.6) is 0 Å². The standard InChI is InChI=1S/C15H21O6P/c16-15(17)13(14-7-4-9-20-14)8-10-21-22(18,19)11-12-5-2-1-3-6-12/h1-3,5-6,13-14H,4,7-11H2,(H,16,17)(H,18,19). The van der Waals surface area contributed by atoms with Crippen molar-refractivity contribution >= 4 is 13.6 Å². The van der Waals surface area contributed by atoms with Crippen molar-refractivity contribution in [1.29, 1.82) is 0 Å².